The highest BCUT2D eigenvalue weighted by Gasteiger charge is 2.36. The van der Waals surface area contributed by atoms with Crippen LogP contribution in [0, 0.1) is 0 Å². The first-order valence-corrected chi connectivity index (χ1v) is 6.29. The molecule has 128 valence electrons. The Balaban J connectivity index is 2.25. The Labute approximate surface area is 131 Å². The van der Waals surface area contributed by atoms with Gasteiger partial charge in [-0.25, -0.2) is 14.8 Å². The Kier molecular flexibility index (Phi) is 4.76. The molecule has 1 heterocycles. The van der Waals surface area contributed by atoms with Gasteiger partial charge in [-0.1, -0.05) is 0 Å². The van der Waals surface area contributed by atoms with Crippen molar-refractivity contribution in [2.45, 2.75) is 19.0 Å². The zero-order valence-electron chi connectivity index (χ0n) is 11.6. The van der Waals surface area contributed by atoms with Crippen LogP contribution in [-0.2, 0) is 23.7 Å². The molecule has 0 bridgehead atoms. The van der Waals surface area contributed by atoms with Crippen LogP contribution in [0.4, 0.5) is 26.3 Å². The zero-order valence-corrected chi connectivity index (χ0v) is 11.6. The number of hydrogen-bond donors (Lipinski definition) is 0. The fourth-order valence-corrected chi connectivity index (χ4v) is 1.74. The van der Waals surface area contributed by atoms with Crippen LogP contribution in [0.1, 0.15) is 27.2 Å². The molecule has 0 spiro atoms. The maximum atomic E-state index is 12.7. The first-order chi connectivity index (χ1) is 11.1. The third kappa shape index (κ3) is 4.43. The summed E-state index contributed by atoms with van der Waals surface area (Å²) < 4.78 is 80.9. The molecule has 0 aliphatic carbocycles. The molecule has 0 radical (unpaired) electrons. The Bertz CT molecular complexity index is 696. The van der Waals surface area contributed by atoms with Gasteiger partial charge in [0, 0.05) is 6.20 Å². The molecule has 0 atom stereocenters. The molecule has 2 rings (SSSR count). The van der Waals surface area contributed by atoms with E-state index in [9.17, 15) is 31.1 Å². The van der Waals surface area contributed by atoms with E-state index in [1.165, 1.54) is 12.3 Å². The fraction of sp³-hybridized carbons (Fsp3) is 0.214. The summed E-state index contributed by atoms with van der Waals surface area (Å²) in [5.41, 5.74) is -3.58. The highest BCUT2D eigenvalue weighted by atomic mass is 19.4. The minimum Gasteiger partial charge on any atom is -0.456 e. The van der Waals surface area contributed by atoms with Crippen molar-refractivity contribution in [1.82, 2.24) is 9.97 Å². The summed E-state index contributed by atoms with van der Waals surface area (Å²) in [4.78, 5) is 18.7. The number of hydrogen-bond acceptors (Lipinski definition) is 4. The maximum absolute atomic E-state index is 12.7. The number of carbonyl (C=O) groups excluding carboxylic acids is 1. The highest BCUT2D eigenvalue weighted by Crippen LogP contribution is 2.36. The third-order valence-electron chi connectivity index (χ3n) is 2.81. The monoisotopic (exact) mass is 350 g/mol. The molecule has 10 heteroatoms. The van der Waals surface area contributed by atoms with Crippen molar-refractivity contribution in [3.8, 4) is 0 Å². The second-order valence-electron chi connectivity index (χ2n) is 4.58. The topological polar surface area (TPSA) is 52.1 Å². The van der Waals surface area contributed by atoms with Crippen molar-refractivity contribution in [2.24, 2.45) is 0 Å². The average Bonchev–Trinajstić information content (AvgIpc) is 2.51. The molecule has 0 fully saturated rings. The lowest BCUT2D eigenvalue weighted by Crippen LogP contribution is -2.13. The summed E-state index contributed by atoms with van der Waals surface area (Å²) in [6, 6.07) is 2.16. The number of alkyl halides is 6. The van der Waals surface area contributed by atoms with E-state index in [0.717, 1.165) is 6.33 Å². The summed E-state index contributed by atoms with van der Waals surface area (Å²) in [5, 5.41) is 0. The minimum absolute atomic E-state index is 0.00422. The standard InChI is InChI=1S/C14H8F6N2O2/c15-13(16,17)9-3-8(4-10(5-9)14(18,19)20)6-24-12(23)11-1-2-21-7-22-11/h1-5,7H,6H2. The Morgan fingerprint density at radius 3 is 2.04 bits per heavy atom. The number of ether oxygens (including phenoxy) is 1. The van der Waals surface area contributed by atoms with E-state index in [2.05, 4.69) is 14.7 Å². The Morgan fingerprint density at radius 1 is 1.00 bits per heavy atom. The molecule has 1 aromatic heterocycles. The molecule has 4 nitrogen and oxygen atoms in total. The van der Waals surface area contributed by atoms with Crippen LogP contribution < -0.4 is 0 Å². The van der Waals surface area contributed by atoms with Crippen molar-refractivity contribution in [3.63, 3.8) is 0 Å². The van der Waals surface area contributed by atoms with Crippen molar-refractivity contribution in [1.29, 1.82) is 0 Å². The van der Waals surface area contributed by atoms with Gasteiger partial charge in [-0.3, -0.25) is 0 Å². The van der Waals surface area contributed by atoms with Crippen LogP contribution >= 0.6 is 0 Å². The molecule has 0 saturated heterocycles. The van der Waals surface area contributed by atoms with Gasteiger partial charge in [0.15, 0.2) is 5.69 Å². The van der Waals surface area contributed by atoms with E-state index in [0.29, 0.717) is 12.1 Å². The number of rotatable bonds is 3. The zero-order chi connectivity index (χ0) is 18.0. The Morgan fingerprint density at radius 2 is 1.58 bits per heavy atom. The molecule has 0 saturated carbocycles. The van der Waals surface area contributed by atoms with E-state index in [4.69, 9.17) is 0 Å². The molecule has 0 unspecified atom stereocenters. The molecule has 0 aliphatic heterocycles. The lowest BCUT2D eigenvalue weighted by Gasteiger charge is -2.14. The molecular formula is C14H8F6N2O2. The van der Waals surface area contributed by atoms with Gasteiger partial charge in [0.05, 0.1) is 11.1 Å². The van der Waals surface area contributed by atoms with Crippen molar-refractivity contribution >= 4 is 5.97 Å². The van der Waals surface area contributed by atoms with E-state index >= 15 is 0 Å². The third-order valence-corrected chi connectivity index (χ3v) is 2.81. The molecule has 24 heavy (non-hydrogen) atoms. The second-order valence-corrected chi connectivity index (χ2v) is 4.58. The van der Waals surface area contributed by atoms with Gasteiger partial charge in [0.2, 0.25) is 0 Å². The normalized spacial score (nSPS) is 12.1. The molecule has 0 N–H and O–H groups in total. The Hall–Kier alpha value is -2.65. The van der Waals surface area contributed by atoms with Gasteiger partial charge in [0.25, 0.3) is 0 Å². The van der Waals surface area contributed by atoms with Crippen LogP contribution in [0.2, 0.25) is 0 Å². The minimum atomic E-state index is -4.97. The van der Waals surface area contributed by atoms with Crippen molar-refractivity contribution < 1.29 is 35.9 Å². The van der Waals surface area contributed by atoms with Crippen LogP contribution in [0.5, 0.6) is 0 Å². The van der Waals surface area contributed by atoms with Gasteiger partial charge in [-0.2, -0.15) is 26.3 Å². The van der Waals surface area contributed by atoms with Crippen molar-refractivity contribution in [2.75, 3.05) is 0 Å². The SMILES string of the molecule is O=C(OCc1cc(C(F)(F)F)cc(C(F)(F)F)c1)c1ccncn1. The molecule has 1 aromatic carbocycles. The van der Waals surface area contributed by atoms with Gasteiger partial charge >= 0.3 is 18.3 Å². The summed E-state index contributed by atoms with van der Waals surface area (Å²) in [7, 11) is 0. The second kappa shape index (κ2) is 6.46. The summed E-state index contributed by atoms with van der Waals surface area (Å²) in [5.74, 6) is -0.997. The van der Waals surface area contributed by atoms with Crippen LogP contribution in [-0.4, -0.2) is 15.9 Å². The summed E-state index contributed by atoms with van der Waals surface area (Å²) in [6.45, 7) is -0.768. The predicted octanol–water partition coefficient (Wildman–Crippen LogP) is 3.87. The maximum Gasteiger partial charge on any atom is 0.416 e. The molecular weight excluding hydrogens is 342 g/mol. The van der Waals surface area contributed by atoms with Crippen molar-refractivity contribution in [3.05, 3.63) is 59.2 Å². The van der Waals surface area contributed by atoms with Crippen LogP contribution in [0.15, 0.2) is 36.8 Å². The molecule has 2 aromatic rings. The largest absolute Gasteiger partial charge is 0.456 e. The first-order valence-electron chi connectivity index (χ1n) is 6.29. The van der Waals surface area contributed by atoms with Crippen LogP contribution in [0.25, 0.3) is 0 Å². The number of benzene rings is 1. The fourth-order valence-electron chi connectivity index (χ4n) is 1.74. The quantitative estimate of drug-likeness (QED) is 0.623. The van der Waals surface area contributed by atoms with Gasteiger partial charge in [-0.05, 0) is 29.8 Å². The lowest BCUT2D eigenvalue weighted by molar-refractivity contribution is -0.143. The number of nitrogens with zero attached hydrogens (tertiary/aromatic N) is 2. The summed E-state index contributed by atoms with van der Waals surface area (Å²) in [6.07, 6.45) is -7.66. The molecule has 0 amide bonds. The lowest BCUT2D eigenvalue weighted by atomic mass is 10.1. The van der Waals surface area contributed by atoms with Crippen LogP contribution in [0.3, 0.4) is 0 Å². The molecule has 0 aliphatic rings. The number of aromatic nitrogens is 2. The predicted molar refractivity (Wildman–Crippen MR) is 67.6 cm³/mol. The van der Waals surface area contributed by atoms with E-state index in [-0.39, 0.29) is 11.8 Å². The van der Waals surface area contributed by atoms with Gasteiger partial charge in [-0.15, -0.1) is 0 Å². The highest BCUT2D eigenvalue weighted by molar-refractivity contribution is 5.86. The number of halogens is 6. The average molecular weight is 350 g/mol. The van der Waals surface area contributed by atoms with E-state index in [1.54, 1.807) is 0 Å². The number of carbonyl (C=O) groups is 1. The number of esters is 1. The van der Waals surface area contributed by atoms with E-state index < -0.39 is 41.6 Å². The smallest absolute Gasteiger partial charge is 0.416 e. The van der Waals surface area contributed by atoms with Gasteiger partial charge < -0.3 is 4.74 Å². The van der Waals surface area contributed by atoms with Gasteiger partial charge in [0.1, 0.15) is 12.9 Å². The van der Waals surface area contributed by atoms with E-state index in [1.807, 2.05) is 0 Å². The first kappa shape index (κ1) is 17.7. The summed E-state index contributed by atoms with van der Waals surface area (Å²) >= 11 is 0.